The number of benzene rings is 1. The van der Waals surface area contributed by atoms with Crippen molar-refractivity contribution in [2.45, 2.75) is 25.7 Å². The second kappa shape index (κ2) is 6.21. The topological polar surface area (TPSA) is 52.3 Å². The van der Waals surface area contributed by atoms with E-state index < -0.39 is 0 Å². The molecule has 0 radical (unpaired) electrons. The van der Waals surface area contributed by atoms with Crippen LogP contribution in [0.25, 0.3) is 0 Å². The third kappa shape index (κ3) is 3.47. The van der Waals surface area contributed by atoms with Crippen molar-refractivity contribution in [1.82, 2.24) is 0 Å². The number of ether oxygens (including phenoxy) is 1. The van der Waals surface area contributed by atoms with E-state index >= 15 is 0 Å². The van der Waals surface area contributed by atoms with E-state index in [1.54, 1.807) is 18.2 Å². The van der Waals surface area contributed by atoms with Crippen molar-refractivity contribution in [2.24, 2.45) is 11.7 Å². The number of carbonyl (C=O) groups excluding carboxylic acids is 1. The summed E-state index contributed by atoms with van der Waals surface area (Å²) in [7, 11) is 0. The first-order valence-corrected chi connectivity index (χ1v) is 6.73. The molecule has 2 rings (SSSR count). The van der Waals surface area contributed by atoms with Crippen molar-refractivity contribution >= 4 is 17.4 Å². The van der Waals surface area contributed by atoms with E-state index in [-0.39, 0.29) is 5.78 Å². The van der Waals surface area contributed by atoms with Gasteiger partial charge in [-0.15, -0.1) is 0 Å². The maximum atomic E-state index is 11.8. The molecule has 0 bridgehead atoms. The number of hydrogen-bond acceptors (Lipinski definition) is 3. The third-order valence-electron chi connectivity index (χ3n) is 3.28. The van der Waals surface area contributed by atoms with Gasteiger partial charge in [0.15, 0.2) is 5.78 Å². The highest BCUT2D eigenvalue weighted by Gasteiger charge is 2.18. The molecule has 0 heterocycles. The van der Waals surface area contributed by atoms with E-state index in [1.165, 1.54) is 19.3 Å². The van der Waals surface area contributed by atoms with E-state index in [0.717, 1.165) is 0 Å². The molecular weight excluding hydrogens is 250 g/mol. The van der Waals surface area contributed by atoms with Gasteiger partial charge >= 0.3 is 0 Å². The third-order valence-corrected chi connectivity index (χ3v) is 3.49. The smallest absolute Gasteiger partial charge is 0.164 e. The Labute approximate surface area is 112 Å². The Hall–Kier alpha value is -1.06. The van der Waals surface area contributed by atoms with E-state index in [1.807, 2.05) is 0 Å². The van der Waals surface area contributed by atoms with Gasteiger partial charge in [0, 0.05) is 17.0 Å². The van der Waals surface area contributed by atoms with Gasteiger partial charge in [-0.2, -0.15) is 0 Å². The van der Waals surface area contributed by atoms with Crippen molar-refractivity contribution in [1.29, 1.82) is 0 Å². The molecule has 0 aliphatic heterocycles. The number of rotatable bonds is 6. The molecule has 0 amide bonds. The maximum Gasteiger partial charge on any atom is 0.164 e. The molecule has 3 nitrogen and oxygen atoms in total. The highest BCUT2D eigenvalue weighted by atomic mass is 35.5. The van der Waals surface area contributed by atoms with Gasteiger partial charge in [0.2, 0.25) is 0 Å². The van der Waals surface area contributed by atoms with Gasteiger partial charge in [-0.05, 0) is 43.5 Å². The van der Waals surface area contributed by atoms with Crippen LogP contribution >= 0.6 is 11.6 Å². The molecule has 0 aromatic heterocycles. The molecule has 1 aliphatic rings. The lowest BCUT2D eigenvalue weighted by Crippen LogP contribution is -2.19. The Morgan fingerprint density at radius 1 is 1.39 bits per heavy atom. The van der Waals surface area contributed by atoms with Crippen LogP contribution in [0.3, 0.4) is 0 Å². The number of hydrogen-bond donors (Lipinski definition) is 1. The largest absolute Gasteiger partial charge is 0.493 e. The molecule has 98 valence electrons. The Bertz CT molecular complexity index is 430. The minimum atomic E-state index is 0.00786. The number of carbonyl (C=O) groups is 1. The first kappa shape index (κ1) is 13.4. The second-order valence-corrected chi connectivity index (χ2v) is 5.18. The van der Waals surface area contributed by atoms with Crippen molar-refractivity contribution in [2.75, 3.05) is 13.2 Å². The fourth-order valence-corrected chi connectivity index (χ4v) is 2.18. The Morgan fingerprint density at radius 2 is 2.17 bits per heavy atom. The molecule has 1 saturated carbocycles. The van der Waals surface area contributed by atoms with E-state index in [4.69, 9.17) is 22.1 Å². The highest BCUT2D eigenvalue weighted by Crippen LogP contribution is 2.28. The predicted octanol–water partition coefficient (Wildman–Crippen LogP) is 3.05. The normalized spacial score (nSPS) is 15.2. The van der Waals surface area contributed by atoms with Crippen LogP contribution in [0.15, 0.2) is 18.2 Å². The lowest BCUT2D eigenvalue weighted by Gasteiger charge is -2.25. The van der Waals surface area contributed by atoms with Crippen LogP contribution in [-0.2, 0) is 0 Å². The lowest BCUT2D eigenvalue weighted by atomic mass is 9.86. The zero-order chi connectivity index (χ0) is 13.0. The number of Topliss-reactive ketones (excluding diaryl/α,β-unsaturated/α-hetero) is 1. The molecule has 0 atom stereocenters. The zero-order valence-corrected chi connectivity index (χ0v) is 11.1. The molecule has 0 unspecified atom stereocenters. The first-order valence-electron chi connectivity index (χ1n) is 6.35. The van der Waals surface area contributed by atoms with Crippen LogP contribution in [0.5, 0.6) is 5.75 Å². The van der Waals surface area contributed by atoms with Gasteiger partial charge in [0.05, 0.1) is 6.61 Å². The van der Waals surface area contributed by atoms with Gasteiger partial charge in [-0.3, -0.25) is 4.79 Å². The van der Waals surface area contributed by atoms with Crippen molar-refractivity contribution in [3.63, 3.8) is 0 Å². The maximum absolute atomic E-state index is 11.8. The molecule has 0 saturated heterocycles. The van der Waals surface area contributed by atoms with Gasteiger partial charge < -0.3 is 10.5 Å². The summed E-state index contributed by atoms with van der Waals surface area (Å²) in [5.41, 5.74) is 5.96. The Balaban J connectivity index is 2.02. The summed E-state index contributed by atoms with van der Waals surface area (Å²) in [6, 6.07) is 5.16. The van der Waals surface area contributed by atoms with E-state index in [9.17, 15) is 4.79 Å². The molecule has 2 N–H and O–H groups in total. The molecule has 1 aromatic rings. The quantitative estimate of drug-likeness (QED) is 0.806. The van der Waals surface area contributed by atoms with Gasteiger partial charge in [-0.25, -0.2) is 0 Å². The summed E-state index contributed by atoms with van der Waals surface area (Å²) >= 11 is 5.99. The molecule has 1 fully saturated rings. The van der Waals surface area contributed by atoms with E-state index in [0.29, 0.717) is 41.8 Å². The first-order chi connectivity index (χ1) is 8.69. The summed E-state index contributed by atoms with van der Waals surface area (Å²) in [4.78, 5) is 11.8. The second-order valence-electron chi connectivity index (χ2n) is 4.75. The minimum absolute atomic E-state index is 0.00786. The molecule has 1 aliphatic carbocycles. The standard InChI is InChI=1S/C14H18ClNO2/c15-12-6-11(14(17)4-5-16)7-13(8-12)18-9-10-2-1-3-10/h6-8,10H,1-5,9,16H2. The van der Waals surface area contributed by atoms with Crippen LogP contribution in [0, 0.1) is 5.92 Å². The average Bonchev–Trinajstić information content (AvgIpc) is 2.26. The molecule has 1 aromatic carbocycles. The summed E-state index contributed by atoms with van der Waals surface area (Å²) in [5, 5.41) is 0.529. The number of ketones is 1. The van der Waals surface area contributed by atoms with E-state index in [2.05, 4.69) is 0 Å². The summed E-state index contributed by atoms with van der Waals surface area (Å²) in [6.07, 6.45) is 4.10. The fourth-order valence-electron chi connectivity index (χ4n) is 1.96. The lowest BCUT2D eigenvalue weighted by molar-refractivity contribution is 0.0984. The summed E-state index contributed by atoms with van der Waals surface area (Å²) in [5.74, 6) is 1.34. The molecule has 0 spiro atoms. The monoisotopic (exact) mass is 267 g/mol. The highest BCUT2D eigenvalue weighted by molar-refractivity contribution is 6.31. The Morgan fingerprint density at radius 3 is 2.78 bits per heavy atom. The number of halogens is 1. The predicted molar refractivity (Wildman–Crippen MR) is 72.3 cm³/mol. The fraction of sp³-hybridized carbons (Fsp3) is 0.500. The number of nitrogens with two attached hydrogens (primary N) is 1. The zero-order valence-electron chi connectivity index (χ0n) is 10.3. The van der Waals surface area contributed by atoms with Crippen LogP contribution in [0.4, 0.5) is 0 Å². The minimum Gasteiger partial charge on any atom is -0.493 e. The summed E-state index contributed by atoms with van der Waals surface area (Å²) in [6.45, 7) is 1.06. The van der Waals surface area contributed by atoms with Crippen molar-refractivity contribution in [3.8, 4) is 5.75 Å². The molecule has 18 heavy (non-hydrogen) atoms. The molecular formula is C14H18ClNO2. The SMILES string of the molecule is NCCC(=O)c1cc(Cl)cc(OCC2CCC2)c1. The van der Waals surface area contributed by atoms with Crippen LogP contribution in [0.2, 0.25) is 5.02 Å². The molecule has 4 heteroatoms. The average molecular weight is 268 g/mol. The van der Waals surface area contributed by atoms with Gasteiger partial charge in [-0.1, -0.05) is 18.0 Å². The summed E-state index contributed by atoms with van der Waals surface area (Å²) < 4.78 is 5.69. The van der Waals surface area contributed by atoms with Gasteiger partial charge in [0.25, 0.3) is 0 Å². The Kier molecular flexibility index (Phi) is 4.61. The van der Waals surface area contributed by atoms with Crippen LogP contribution in [0.1, 0.15) is 36.0 Å². The van der Waals surface area contributed by atoms with Crippen LogP contribution < -0.4 is 10.5 Å². The van der Waals surface area contributed by atoms with Crippen molar-refractivity contribution in [3.05, 3.63) is 28.8 Å². The van der Waals surface area contributed by atoms with Crippen LogP contribution in [-0.4, -0.2) is 18.9 Å². The van der Waals surface area contributed by atoms with Gasteiger partial charge in [0.1, 0.15) is 5.75 Å². The van der Waals surface area contributed by atoms with Crippen molar-refractivity contribution < 1.29 is 9.53 Å².